The second-order valence-corrected chi connectivity index (χ2v) is 4.96. The quantitative estimate of drug-likeness (QED) is 0.727. The van der Waals surface area contributed by atoms with Gasteiger partial charge in [-0.1, -0.05) is 19.1 Å². The molecule has 20 heavy (non-hydrogen) atoms. The first-order valence-corrected chi connectivity index (χ1v) is 7.28. The molecule has 1 amide bonds. The van der Waals surface area contributed by atoms with Crippen molar-refractivity contribution in [3.8, 4) is 5.75 Å². The van der Waals surface area contributed by atoms with E-state index in [4.69, 9.17) is 4.74 Å². The summed E-state index contributed by atoms with van der Waals surface area (Å²) in [6.07, 6.45) is 2.43. The Morgan fingerprint density at radius 3 is 2.85 bits per heavy atom. The van der Waals surface area contributed by atoms with Gasteiger partial charge in [0, 0.05) is 25.6 Å². The Labute approximate surface area is 121 Å². The number of methoxy groups -OCH3 is 1. The van der Waals surface area contributed by atoms with Crippen LogP contribution in [0.15, 0.2) is 24.3 Å². The molecule has 1 aromatic rings. The lowest BCUT2D eigenvalue weighted by molar-refractivity contribution is -0.120. The number of carbonyl (C=O) groups is 1. The van der Waals surface area contributed by atoms with E-state index >= 15 is 0 Å². The van der Waals surface area contributed by atoms with Crippen LogP contribution in [0.2, 0.25) is 0 Å². The zero-order valence-corrected chi connectivity index (χ0v) is 12.7. The van der Waals surface area contributed by atoms with Crippen molar-refractivity contribution in [2.24, 2.45) is 0 Å². The van der Waals surface area contributed by atoms with Gasteiger partial charge in [-0.15, -0.1) is 0 Å². The van der Waals surface area contributed by atoms with Crippen LogP contribution >= 0.6 is 0 Å². The number of nitrogens with one attached hydrogen (secondary N) is 2. The second kappa shape index (κ2) is 9.37. The van der Waals surface area contributed by atoms with Crippen molar-refractivity contribution in [1.29, 1.82) is 0 Å². The fraction of sp³-hybridized carbons (Fsp3) is 0.562. The van der Waals surface area contributed by atoms with Gasteiger partial charge in [-0.2, -0.15) is 0 Å². The number of rotatable bonds is 9. The third-order valence-electron chi connectivity index (χ3n) is 3.33. The molecule has 0 aliphatic carbocycles. The van der Waals surface area contributed by atoms with E-state index in [0.29, 0.717) is 19.0 Å². The molecule has 2 N–H and O–H groups in total. The number of ether oxygens (including phenoxy) is 1. The Morgan fingerprint density at radius 2 is 2.15 bits per heavy atom. The van der Waals surface area contributed by atoms with Crippen molar-refractivity contribution in [1.82, 2.24) is 10.6 Å². The molecular weight excluding hydrogens is 252 g/mol. The number of benzene rings is 1. The third kappa shape index (κ3) is 6.57. The topological polar surface area (TPSA) is 50.4 Å². The van der Waals surface area contributed by atoms with Crippen LogP contribution in [0.25, 0.3) is 0 Å². The van der Waals surface area contributed by atoms with E-state index in [2.05, 4.69) is 24.5 Å². The molecule has 0 bridgehead atoms. The lowest BCUT2D eigenvalue weighted by Gasteiger charge is -2.11. The summed E-state index contributed by atoms with van der Waals surface area (Å²) in [7, 11) is 1.66. The minimum Gasteiger partial charge on any atom is -0.497 e. The Hall–Kier alpha value is -1.55. The van der Waals surface area contributed by atoms with Gasteiger partial charge in [-0.25, -0.2) is 0 Å². The molecule has 1 unspecified atom stereocenters. The lowest BCUT2D eigenvalue weighted by Crippen LogP contribution is -2.32. The molecule has 0 fully saturated rings. The zero-order chi connectivity index (χ0) is 14.8. The Morgan fingerprint density at radius 1 is 1.35 bits per heavy atom. The Kier molecular flexibility index (Phi) is 7.73. The molecule has 0 spiro atoms. The van der Waals surface area contributed by atoms with E-state index < -0.39 is 0 Å². The first-order valence-electron chi connectivity index (χ1n) is 7.28. The molecule has 4 nitrogen and oxygen atoms in total. The summed E-state index contributed by atoms with van der Waals surface area (Å²) in [5.74, 6) is 0.954. The number of hydrogen-bond acceptors (Lipinski definition) is 3. The van der Waals surface area contributed by atoms with Gasteiger partial charge < -0.3 is 15.4 Å². The number of hydrogen-bond donors (Lipinski definition) is 2. The Balaban J connectivity index is 2.18. The molecule has 0 saturated heterocycles. The zero-order valence-electron chi connectivity index (χ0n) is 12.7. The van der Waals surface area contributed by atoms with Crippen LogP contribution in [0.4, 0.5) is 0 Å². The number of carbonyl (C=O) groups excluding carboxylic acids is 1. The summed E-state index contributed by atoms with van der Waals surface area (Å²) in [5.41, 5.74) is 1.17. The molecule has 0 aliphatic rings. The number of amides is 1. The SMILES string of the molecule is CCC(C)NCCC(=O)NCCc1cccc(OC)c1. The summed E-state index contributed by atoms with van der Waals surface area (Å²) in [6, 6.07) is 8.39. The van der Waals surface area contributed by atoms with Crippen LogP contribution < -0.4 is 15.4 Å². The van der Waals surface area contributed by atoms with Crippen molar-refractivity contribution in [3.63, 3.8) is 0 Å². The van der Waals surface area contributed by atoms with Crippen LogP contribution in [-0.4, -0.2) is 32.1 Å². The monoisotopic (exact) mass is 278 g/mol. The third-order valence-corrected chi connectivity index (χ3v) is 3.33. The maximum Gasteiger partial charge on any atom is 0.221 e. The molecule has 4 heteroatoms. The Bertz CT molecular complexity index is 407. The van der Waals surface area contributed by atoms with E-state index in [-0.39, 0.29) is 5.91 Å². The van der Waals surface area contributed by atoms with Gasteiger partial charge in [0.25, 0.3) is 0 Å². The highest BCUT2D eigenvalue weighted by atomic mass is 16.5. The van der Waals surface area contributed by atoms with Crippen LogP contribution in [-0.2, 0) is 11.2 Å². The highest BCUT2D eigenvalue weighted by Crippen LogP contribution is 2.12. The van der Waals surface area contributed by atoms with Crippen LogP contribution in [0.3, 0.4) is 0 Å². The maximum atomic E-state index is 11.7. The van der Waals surface area contributed by atoms with E-state index in [9.17, 15) is 4.79 Å². The van der Waals surface area contributed by atoms with Crippen LogP contribution in [0, 0.1) is 0 Å². The first kappa shape index (κ1) is 16.5. The van der Waals surface area contributed by atoms with E-state index in [1.807, 2.05) is 24.3 Å². The first-order chi connectivity index (χ1) is 9.65. The standard InChI is InChI=1S/C16H26N2O2/c1-4-13(2)17-11-9-16(19)18-10-8-14-6-5-7-15(12-14)20-3/h5-7,12-13,17H,4,8-11H2,1-3H3,(H,18,19). The smallest absolute Gasteiger partial charge is 0.221 e. The maximum absolute atomic E-state index is 11.7. The summed E-state index contributed by atoms with van der Waals surface area (Å²) < 4.78 is 5.17. The summed E-state index contributed by atoms with van der Waals surface area (Å²) in [5, 5.41) is 6.25. The highest BCUT2D eigenvalue weighted by Gasteiger charge is 2.03. The van der Waals surface area contributed by atoms with Crippen molar-refractivity contribution in [3.05, 3.63) is 29.8 Å². The fourth-order valence-electron chi connectivity index (χ4n) is 1.84. The van der Waals surface area contributed by atoms with E-state index in [1.165, 1.54) is 5.56 Å². The largest absolute Gasteiger partial charge is 0.497 e. The molecule has 1 atom stereocenters. The van der Waals surface area contributed by atoms with Crippen LogP contribution in [0.1, 0.15) is 32.3 Å². The summed E-state index contributed by atoms with van der Waals surface area (Å²) >= 11 is 0. The average Bonchev–Trinajstić information content (AvgIpc) is 2.47. The molecule has 1 aromatic carbocycles. The van der Waals surface area contributed by atoms with Crippen molar-refractivity contribution in [2.45, 2.75) is 39.2 Å². The lowest BCUT2D eigenvalue weighted by atomic mass is 10.1. The van der Waals surface area contributed by atoms with Gasteiger partial charge in [-0.05, 0) is 37.5 Å². The molecule has 0 aromatic heterocycles. The van der Waals surface area contributed by atoms with Crippen molar-refractivity contribution < 1.29 is 9.53 Å². The highest BCUT2D eigenvalue weighted by molar-refractivity contribution is 5.76. The van der Waals surface area contributed by atoms with Gasteiger partial charge in [0.05, 0.1) is 7.11 Å². The molecule has 0 aliphatic heterocycles. The van der Waals surface area contributed by atoms with Crippen molar-refractivity contribution in [2.75, 3.05) is 20.2 Å². The molecule has 1 rings (SSSR count). The molecular formula is C16H26N2O2. The normalized spacial score (nSPS) is 11.9. The van der Waals surface area contributed by atoms with Crippen molar-refractivity contribution >= 4 is 5.91 Å². The minimum atomic E-state index is 0.101. The van der Waals surface area contributed by atoms with E-state index in [0.717, 1.165) is 25.1 Å². The van der Waals surface area contributed by atoms with E-state index in [1.54, 1.807) is 7.11 Å². The van der Waals surface area contributed by atoms with Gasteiger partial charge in [0.1, 0.15) is 5.75 Å². The summed E-state index contributed by atoms with van der Waals surface area (Å²) in [4.78, 5) is 11.7. The van der Waals surface area contributed by atoms with Gasteiger partial charge >= 0.3 is 0 Å². The average molecular weight is 278 g/mol. The minimum absolute atomic E-state index is 0.101. The molecule has 0 radical (unpaired) electrons. The summed E-state index contributed by atoms with van der Waals surface area (Å²) in [6.45, 7) is 5.65. The molecule has 0 saturated carbocycles. The molecule has 112 valence electrons. The predicted molar refractivity (Wildman–Crippen MR) is 82.1 cm³/mol. The second-order valence-electron chi connectivity index (χ2n) is 4.96. The van der Waals surface area contributed by atoms with Gasteiger partial charge in [-0.3, -0.25) is 4.79 Å². The predicted octanol–water partition coefficient (Wildman–Crippen LogP) is 2.13. The van der Waals surface area contributed by atoms with Gasteiger partial charge in [0.15, 0.2) is 0 Å². The van der Waals surface area contributed by atoms with Crippen LogP contribution in [0.5, 0.6) is 5.75 Å². The molecule has 0 heterocycles. The van der Waals surface area contributed by atoms with Gasteiger partial charge in [0.2, 0.25) is 5.91 Å². The fourth-order valence-corrected chi connectivity index (χ4v) is 1.84.